The van der Waals surface area contributed by atoms with Crippen molar-refractivity contribution in [2.45, 2.75) is 13.8 Å². The lowest BCUT2D eigenvalue weighted by Gasteiger charge is -2.27. The highest BCUT2D eigenvalue weighted by Gasteiger charge is 2.17. The number of benzene rings is 2. The topological polar surface area (TPSA) is 117 Å². The Morgan fingerprint density at radius 3 is 2.65 bits per heavy atom. The minimum atomic E-state index is -0.0322. The van der Waals surface area contributed by atoms with Crippen LogP contribution in [0.4, 0.5) is 23.5 Å². The first-order valence-corrected chi connectivity index (χ1v) is 11.0. The van der Waals surface area contributed by atoms with Crippen molar-refractivity contribution in [3.63, 3.8) is 0 Å². The van der Waals surface area contributed by atoms with Crippen LogP contribution in [0.25, 0.3) is 0 Å². The highest BCUT2D eigenvalue weighted by molar-refractivity contribution is 6.34. The lowest BCUT2D eigenvalue weighted by atomic mass is 9.88. The van der Waals surface area contributed by atoms with E-state index in [0.717, 1.165) is 5.69 Å². The van der Waals surface area contributed by atoms with Crippen molar-refractivity contribution in [2.24, 2.45) is 5.10 Å². The third-order valence-corrected chi connectivity index (χ3v) is 5.22. The molecule has 0 amide bonds. The first kappa shape index (κ1) is 23.3. The molecule has 4 rings (SSSR count). The molecule has 1 aromatic heterocycles. The number of morpholine rings is 1. The molecule has 1 aliphatic rings. The van der Waals surface area contributed by atoms with E-state index in [1.807, 2.05) is 42.2 Å². The number of hydrogen-bond donors (Lipinski definition) is 3. The molecule has 2 heterocycles. The summed E-state index contributed by atoms with van der Waals surface area (Å²) in [6.45, 7) is 6.58. The first-order chi connectivity index (χ1) is 16.5. The summed E-state index contributed by atoms with van der Waals surface area (Å²) in [5, 5.41) is 18.0. The zero-order valence-electron chi connectivity index (χ0n) is 19.2. The summed E-state index contributed by atoms with van der Waals surface area (Å²) in [6, 6.07) is 11.2. The number of nitrogens with one attached hydrogen (secondary N) is 2. The number of ether oxygens (including phenoxy) is 2. The number of anilines is 4. The van der Waals surface area contributed by atoms with Crippen LogP contribution in [0.5, 0.6) is 11.5 Å². The maximum Gasteiger partial charge on any atom is 0.250 e. The Hall–Kier alpha value is -3.86. The molecule has 0 aliphatic carbocycles. The minimum absolute atomic E-state index is 0.0322. The molecule has 0 atom stereocenters. The average molecular weight is 459 g/mol. The van der Waals surface area contributed by atoms with Crippen molar-refractivity contribution in [3.8, 4) is 11.5 Å². The third-order valence-electron chi connectivity index (χ3n) is 5.22. The standard InChI is InChI=1S/C23H26BN7O3/c1-3-34-19-13-18(24)15(2)17(20(19)32)14-25-30-22-27-21(26-16-7-5-4-6-8-16)28-23(29-22)31-9-11-33-12-10-31/h4-8,13-14,32H,3,9-12H2,1-2H3,(H2,26,27,28,29,30)/b25-14+. The summed E-state index contributed by atoms with van der Waals surface area (Å²) in [5.74, 6) is 1.40. The number of aromatic nitrogens is 3. The number of hydrazone groups is 1. The summed E-state index contributed by atoms with van der Waals surface area (Å²) in [7, 11) is 6.07. The zero-order valence-corrected chi connectivity index (χ0v) is 19.2. The van der Waals surface area contributed by atoms with E-state index >= 15 is 0 Å². The molecule has 3 aromatic rings. The van der Waals surface area contributed by atoms with Gasteiger partial charge in [0.1, 0.15) is 7.85 Å². The fourth-order valence-electron chi connectivity index (χ4n) is 3.39. The monoisotopic (exact) mass is 459 g/mol. The molecule has 0 bridgehead atoms. The van der Waals surface area contributed by atoms with Gasteiger partial charge in [0.25, 0.3) is 0 Å². The summed E-state index contributed by atoms with van der Waals surface area (Å²) in [4.78, 5) is 15.5. The van der Waals surface area contributed by atoms with E-state index in [1.54, 1.807) is 13.0 Å². The predicted octanol–water partition coefficient (Wildman–Crippen LogP) is 2.10. The van der Waals surface area contributed by atoms with Crippen LogP contribution < -0.4 is 25.8 Å². The van der Waals surface area contributed by atoms with E-state index in [0.29, 0.717) is 67.1 Å². The van der Waals surface area contributed by atoms with Gasteiger partial charge in [-0.2, -0.15) is 20.1 Å². The van der Waals surface area contributed by atoms with E-state index in [9.17, 15) is 5.11 Å². The Kier molecular flexibility index (Phi) is 7.43. The van der Waals surface area contributed by atoms with E-state index < -0.39 is 0 Å². The number of nitrogens with zero attached hydrogens (tertiary/aromatic N) is 5. The van der Waals surface area contributed by atoms with Crippen molar-refractivity contribution in [2.75, 3.05) is 48.6 Å². The van der Waals surface area contributed by atoms with Crippen LogP contribution in [-0.2, 0) is 4.74 Å². The van der Waals surface area contributed by atoms with Crippen molar-refractivity contribution in [1.82, 2.24) is 15.0 Å². The highest BCUT2D eigenvalue weighted by Crippen LogP contribution is 2.30. The van der Waals surface area contributed by atoms with E-state index in [1.165, 1.54) is 6.21 Å². The van der Waals surface area contributed by atoms with E-state index in [2.05, 4.69) is 30.8 Å². The number of para-hydroxylation sites is 1. The quantitative estimate of drug-likeness (QED) is 0.265. The normalized spacial score (nSPS) is 13.8. The van der Waals surface area contributed by atoms with Gasteiger partial charge >= 0.3 is 0 Å². The maximum absolute atomic E-state index is 10.6. The number of hydrogen-bond acceptors (Lipinski definition) is 10. The summed E-state index contributed by atoms with van der Waals surface area (Å²) < 4.78 is 10.9. The van der Waals surface area contributed by atoms with Crippen LogP contribution in [0, 0.1) is 6.92 Å². The van der Waals surface area contributed by atoms with Gasteiger partial charge in [-0.3, -0.25) is 0 Å². The number of phenols is 1. The van der Waals surface area contributed by atoms with Gasteiger partial charge in [0, 0.05) is 24.3 Å². The Morgan fingerprint density at radius 1 is 1.18 bits per heavy atom. The van der Waals surface area contributed by atoms with Crippen LogP contribution in [0.2, 0.25) is 0 Å². The summed E-state index contributed by atoms with van der Waals surface area (Å²) in [6.07, 6.45) is 1.46. The Bertz CT molecular complexity index is 1160. The fraction of sp³-hybridized carbons (Fsp3) is 0.304. The first-order valence-electron chi connectivity index (χ1n) is 11.0. The molecule has 1 fully saturated rings. The molecule has 10 nitrogen and oxygen atoms in total. The molecule has 3 N–H and O–H groups in total. The van der Waals surface area contributed by atoms with Crippen molar-refractivity contribution < 1.29 is 14.6 Å². The molecular formula is C23H26BN7O3. The molecule has 0 unspecified atom stereocenters. The number of phenolic OH excluding ortho intramolecular Hbond substituents is 1. The smallest absolute Gasteiger partial charge is 0.250 e. The van der Waals surface area contributed by atoms with Gasteiger partial charge in [-0.15, -0.1) is 0 Å². The van der Waals surface area contributed by atoms with Gasteiger partial charge in [0.15, 0.2) is 11.5 Å². The molecule has 34 heavy (non-hydrogen) atoms. The molecule has 1 saturated heterocycles. The Labute approximate surface area is 199 Å². The van der Waals surface area contributed by atoms with Gasteiger partial charge < -0.3 is 24.8 Å². The molecule has 2 radical (unpaired) electrons. The second-order valence-corrected chi connectivity index (χ2v) is 7.53. The lowest BCUT2D eigenvalue weighted by molar-refractivity contribution is 0.122. The summed E-state index contributed by atoms with van der Waals surface area (Å²) >= 11 is 0. The van der Waals surface area contributed by atoms with Gasteiger partial charge in [-0.05, 0) is 37.6 Å². The van der Waals surface area contributed by atoms with Crippen molar-refractivity contribution in [1.29, 1.82) is 0 Å². The predicted molar refractivity (Wildman–Crippen MR) is 133 cm³/mol. The zero-order chi connectivity index (χ0) is 23.9. The second kappa shape index (κ2) is 10.8. The SMILES string of the molecule is [B]c1cc(OCC)c(O)c(/C=N/Nc2nc(Nc3ccccc3)nc(N3CCOCC3)n2)c1C. The highest BCUT2D eigenvalue weighted by atomic mass is 16.5. The Morgan fingerprint density at radius 2 is 1.91 bits per heavy atom. The lowest BCUT2D eigenvalue weighted by Crippen LogP contribution is -2.37. The molecule has 11 heteroatoms. The van der Waals surface area contributed by atoms with Crippen LogP contribution in [0.15, 0.2) is 41.5 Å². The second-order valence-electron chi connectivity index (χ2n) is 7.53. The average Bonchev–Trinajstić information content (AvgIpc) is 2.86. The van der Waals surface area contributed by atoms with Crippen LogP contribution in [0.3, 0.4) is 0 Å². The number of aromatic hydroxyl groups is 1. The van der Waals surface area contributed by atoms with E-state index in [-0.39, 0.29) is 11.7 Å². The van der Waals surface area contributed by atoms with Crippen LogP contribution >= 0.6 is 0 Å². The van der Waals surface area contributed by atoms with Gasteiger partial charge in [-0.1, -0.05) is 23.7 Å². The largest absolute Gasteiger partial charge is 0.504 e. The molecule has 1 aliphatic heterocycles. The van der Waals surface area contributed by atoms with Crippen LogP contribution in [-0.4, -0.2) is 67.0 Å². The maximum atomic E-state index is 10.6. The third kappa shape index (κ3) is 5.55. The molecule has 0 spiro atoms. The van der Waals surface area contributed by atoms with Crippen LogP contribution in [0.1, 0.15) is 18.1 Å². The van der Waals surface area contributed by atoms with Gasteiger partial charge in [-0.25, -0.2) is 5.43 Å². The molecule has 2 aromatic carbocycles. The van der Waals surface area contributed by atoms with Crippen molar-refractivity contribution in [3.05, 3.63) is 47.5 Å². The number of rotatable bonds is 8. The van der Waals surface area contributed by atoms with E-state index in [4.69, 9.17) is 17.3 Å². The Balaban J connectivity index is 1.61. The van der Waals surface area contributed by atoms with Gasteiger partial charge in [0.2, 0.25) is 17.8 Å². The summed E-state index contributed by atoms with van der Waals surface area (Å²) in [5.41, 5.74) is 5.31. The van der Waals surface area contributed by atoms with Crippen molar-refractivity contribution >= 4 is 43.1 Å². The minimum Gasteiger partial charge on any atom is -0.504 e. The molecule has 174 valence electrons. The molecular weight excluding hydrogens is 433 g/mol. The molecule has 0 saturated carbocycles. The van der Waals surface area contributed by atoms with Gasteiger partial charge in [0.05, 0.1) is 26.0 Å². The fourth-order valence-corrected chi connectivity index (χ4v) is 3.39.